The number of nitrogens with zero attached hydrogens (tertiary/aromatic N) is 2. The predicted octanol–water partition coefficient (Wildman–Crippen LogP) is 2.92. The fourth-order valence-corrected chi connectivity index (χ4v) is 1.92. The summed E-state index contributed by atoms with van der Waals surface area (Å²) in [4.78, 5) is 0. The molecular weight excluding hydrogens is 234 g/mol. The lowest BCUT2D eigenvalue weighted by atomic mass is 10.1. The molecule has 1 aromatic heterocycles. The van der Waals surface area contributed by atoms with Crippen LogP contribution < -0.4 is 5.32 Å². The van der Waals surface area contributed by atoms with Crippen LogP contribution in [-0.2, 0) is 13.6 Å². The first-order chi connectivity index (χ1) is 8.16. The minimum atomic E-state index is 0.267. The van der Waals surface area contributed by atoms with Crippen LogP contribution in [0.25, 0.3) is 0 Å². The van der Waals surface area contributed by atoms with Crippen molar-refractivity contribution in [3.05, 3.63) is 52.8 Å². The van der Waals surface area contributed by atoms with Gasteiger partial charge in [-0.05, 0) is 30.7 Å². The van der Waals surface area contributed by atoms with E-state index in [-0.39, 0.29) is 6.04 Å². The SMILES string of the molecule is C[C@@H](NCc1ccnn1C)c1cccc(Cl)c1. The summed E-state index contributed by atoms with van der Waals surface area (Å²) in [6.07, 6.45) is 1.81. The second-order valence-corrected chi connectivity index (χ2v) is 4.54. The Morgan fingerprint density at radius 1 is 1.41 bits per heavy atom. The topological polar surface area (TPSA) is 29.9 Å². The van der Waals surface area contributed by atoms with Crippen LogP contribution in [-0.4, -0.2) is 9.78 Å². The standard InChI is InChI=1S/C13H16ClN3/c1-10(11-4-3-5-12(14)8-11)15-9-13-6-7-16-17(13)2/h3-8,10,15H,9H2,1-2H3/t10-/m1/s1. The second kappa shape index (κ2) is 5.34. The molecule has 2 aromatic rings. The molecular formula is C13H16ClN3. The Labute approximate surface area is 106 Å². The number of halogens is 1. The Morgan fingerprint density at radius 2 is 2.24 bits per heavy atom. The lowest BCUT2D eigenvalue weighted by molar-refractivity contribution is 0.548. The van der Waals surface area contributed by atoms with Gasteiger partial charge in [0.15, 0.2) is 0 Å². The van der Waals surface area contributed by atoms with Crippen LogP contribution in [0.3, 0.4) is 0 Å². The van der Waals surface area contributed by atoms with Crippen LogP contribution in [0, 0.1) is 0 Å². The molecule has 1 N–H and O–H groups in total. The third-order valence-electron chi connectivity index (χ3n) is 2.86. The summed E-state index contributed by atoms with van der Waals surface area (Å²) in [7, 11) is 1.95. The zero-order chi connectivity index (χ0) is 12.3. The minimum absolute atomic E-state index is 0.267. The molecule has 0 aliphatic heterocycles. The first-order valence-electron chi connectivity index (χ1n) is 5.62. The van der Waals surface area contributed by atoms with Crippen LogP contribution in [0.15, 0.2) is 36.5 Å². The highest BCUT2D eigenvalue weighted by Crippen LogP contribution is 2.17. The van der Waals surface area contributed by atoms with Gasteiger partial charge in [-0.25, -0.2) is 0 Å². The molecule has 0 unspecified atom stereocenters. The van der Waals surface area contributed by atoms with E-state index in [1.807, 2.05) is 36.0 Å². The van der Waals surface area contributed by atoms with E-state index >= 15 is 0 Å². The Hall–Kier alpha value is -1.32. The molecule has 3 nitrogen and oxygen atoms in total. The van der Waals surface area contributed by atoms with Gasteiger partial charge in [0.05, 0.1) is 5.69 Å². The van der Waals surface area contributed by atoms with Crippen LogP contribution in [0.4, 0.5) is 0 Å². The van der Waals surface area contributed by atoms with Crippen LogP contribution >= 0.6 is 11.6 Å². The minimum Gasteiger partial charge on any atom is -0.305 e. The Bertz CT molecular complexity index is 493. The molecule has 4 heteroatoms. The summed E-state index contributed by atoms with van der Waals surface area (Å²) < 4.78 is 1.87. The van der Waals surface area contributed by atoms with E-state index in [2.05, 4.69) is 23.4 Å². The molecule has 0 amide bonds. The summed E-state index contributed by atoms with van der Waals surface area (Å²) in [6, 6.07) is 10.2. The van der Waals surface area contributed by atoms with Gasteiger partial charge in [0.25, 0.3) is 0 Å². The highest BCUT2D eigenvalue weighted by atomic mass is 35.5. The van der Waals surface area contributed by atoms with Crippen molar-refractivity contribution in [1.82, 2.24) is 15.1 Å². The second-order valence-electron chi connectivity index (χ2n) is 4.10. The van der Waals surface area contributed by atoms with E-state index in [4.69, 9.17) is 11.6 Å². The van der Waals surface area contributed by atoms with Crippen LogP contribution in [0.1, 0.15) is 24.2 Å². The molecule has 90 valence electrons. The molecule has 0 fully saturated rings. The predicted molar refractivity (Wildman–Crippen MR) is 69.9 cm³/mol. The maximum Gasteiger partial charge on any atom is 0.0518 e. The lowest BCUT2D eigenvalue weighted by Crippen LogP contribution is -2.19. The monoisotopic (exact) mass is 249 g/mol. The number of nitrogens with one attached hydrogen (secondary N) is 1. The highest BCUT2D eigenvalue weighted by molar-refractivity contribution is 6.30. The zero-order valence-electron chi connectivity index (χ0n) is 10.0. The molecule has 0 radical (unpaired) electrons. The van der Waals surface area contributed by atoms with E-state index in [1.54, 1.807) is 6.20 Å². The lowest BCUT2D eigenvalue weighted by Gasteiger charge is -2.14. The van der Waals surface area contributed by atoms with E-state index in [0.29, 0.717) is 0 Å². The van der Waals surface area contributed by atoms with Crippen molar-refractivity contribution in [3.8, 4) is 0 Å². The van der Waals surface area contributed by atoms with Gasteiger partial charge in [0.2, 0.25) is 0 Å². The summed E-state index contributed by atoms with van der Waals surface area (Å²) in [6.45, 7) is 2.92. The van der Waals surface area contributed by atoms with E-state index < -0.39 is 0 Å². The zero-order valence-corrected chi connectivity index (χ0v) is 10.8. The molecule has 1 aromatic carbocycles. The van der Waals surface area contributed by atoms with Crippen molar-refractivity contribution in [1.29, 1.82) is 0 Å². The van der Waals surface area contributed by atoms with Crippen molar-refractivity contribution < 1.29 is 0 Å². The van der Waals surface area contributed by atoms with E-state index in [9.17, 15) is 0 Å². The average molecular weight is 250 g/mol. The van der Waals surface area contributed by atoms with Gasteiger partial charge < -0.3 is 5.32 Å². The maximum absolute atomic E-state index is 5.97. The number of hydrogen-bond acceptors (Lipinski definition) is 2. The first kappa shape index (κ1) is 12.1. The molecule has 0 saturated carbocycles. The molecule has 17 heavy (non-hydrogen) atoms. The van der Waals surface area contributed by atoms with E-state index in [0.717, 1.165) is 11.6 Å². The third kappa shape index (κ3) is 3.08. The van der Waals surface area contributed by atoms with E-state index in [1.165, 1.54) is 11.3 Å². The summed E-state index contributed by atoms with van der Waals surface area (Å²) in [5.74, 6) is 0. The third-order valence-corrected chi connectivity index (χ3v) is 3.10. The molecule has 1 atom stereocenters. The van der Waals surface area contributed by atoms with Gasteiger partial charge in [-0.2, -0.15) is 5.10 Å². The number of rotatable bonds is 4. The first-order valence-corrected chi connectivity index (χ1v) is 6.00. The number of benzene rings is 1. The fourth-order valence-electron chi connectivity index (χ4n) is 1.73. The smallest absolute Gasteiger partial charge is 0.0518 e. The van der Waals surface area contributed by atoms with Crippen LogP contribution in [0.2, 0.25) is 5.02 Å². The van der Waals surface area contributed by atoms with Gasteiger partial charge in [-0.1, -0.05) is 23.7 Å². The quantitative estimate of drug-likeness (QED) is 0.903. The molecule has 0 aliphatic rings. The van der Waals surface area contributed by atoms with Gasteiger partial charge in [-0.3, -0.25) is 4.68 Å². The Balaban J connectivity index is 1.98. The van der Waals surface area contributed by atoms with Gasteiger partial charge >= 0.3 is 0 Å². The van der Waals surface area contributed by atoms with Crippen molar-refractivity contribution in [3.63, 3.8) is 0 Å². The molecule has 2 rings (SSSR count). The molecule has 0 spiro atoms. The summed E-state index contributed by atoms with van der Waals surface area (Å²) >= 11 is 5.97. The number of aromatic nitrogens is 2. The van der Waals surface area contributed by atoms with Gasteiger partial charge in [-0.15, -0.1) is 0 Å². The van der Waals surface area contributed by atoms with Crippen molar-refractivity contribution >= 4 is 11.6 Å². The summed E-state index contributed by atoms with van der Waals surface area (Å²) in [5.41, 5.74) is 2.36. The van der Waals surface area contributed by atoms with Crippen molar-refractivity contribution in [2.75, 3.05) is 0 Å². The molecule has 0 saturated heterocycles. The summed E-state index contributed by atoms with van der Waals surface area (Å²) in [5, 5.41) is 8.36. The van der Waals surface area contributed by atoms with Gasteiger partial charge in [0.1, 0.15) is 0 Å². The maximum atomic E-state index is 5.97. The largest absolute Gasteiger partial charge is 0.305 e. The number of aryl methyl sites for hydroxylation is 1. The number of hydrogen-bond donors (Lipinski definition) is 1. The average Bonchev–Trinajstić information content (AvgIpc) is 2.72. The molecule has 1 heterocycles. The van der Waals surface area contributed by atoms with Crippen LogP contribution in [0.5, 0.6) is 0 Å². The highest BCUT2D eigenvalue weighted by Gasteiger charge is 2.06. The Morgan fingerprint density at radius 3 is 2.88 bits per heavy atom. The normalized spacial score (nSPS) is 12.6. The molecule has 0 aliphatic carbocycles. The van der Waals surface area contributed by atoms with Crippen molar-refractivity contribution in [2.24, 2.45) is 7.05 Å². The van der Waals surface area contributed by atoms with Gasteiger partial charge in [0, 0.05) is 30.9 Å². The molecule has 0 bridgehead atoms. The van der Waals surface area contributed by atoms with Crippen molar-refractivity contribution in [2.45, 2.75) is 19.5 Å². The fraction of sp³-hybridized carbons (Fsp3) is 0.308. The Kier molecular flexibility index (Phi) is 3.82.